The zero-order chi connectivity index (χ0) is 36.7. The Bertz CT molecular complexity index is 3370. The maximum absolute atomic E-state index is 6.65. The molecular weight excluding hydrogens is 681 g/mol. The Labute approximate surface area is 323 Å². The molecule has 0 radical (unpaired) electrons. The van der Waals surface area contributed by atoms with Gasteiger partial charge in [0.25, 0.3) is 0 Å². The molecule has 11 aromatic rings. The van der Waals surface area contributed by atoms with Crippen LogP contribution in [-0.4, -0.2) is 0 Å². The fourth-order valence-electron chi connectivity index (χ4n) is 9.13. The molecule has 0 bridgehead atoms. The van der Waals surface area contributed by atoms with E-state index in [0.29, 0.717) is 0 Å². The molecule has 0 amide bonds. The molecule has 0 aliphatic heterocycles. The van der Waals surface area contributed by atoms with E-state index in [1.54, 1.807) is 0 Å². The second-order valence-electron chi connectivity index (χ2n) is 14.8. The summed E-state index contributed by atoms with van der Waals surface area (Å²) in [6.45, 7) is 0. The summed E-state index contributed by atoms with van der Waals surface area (Å²) in [6, 6.07) is 70.1. The van der Waals surface area contributed by atoms with Gasteiger partial charge < -0.3 is 8.83 Å². The Morgan fingerprint density at radius 2 is 0.679 bits per heavy atom. The lowest BCUT2D eigenvalue weighted by molar-refractivity contribution is 0.669. The molecule has 2 heteroatoms. The quantitative estimate of drug-likeness (QED) is 0.182. The molecule has 1 aliphatic rings. The minimum absolute atomic E-state index is 0.887. The molecule has 2 aromatic heterocycles. The summed E-state index contributed by atoms with van der Waals surface area (Å²) in [5.41, 5.74) is 20.2. The lowest BCUT2D eigenvalue weighted by Gasteiger charge is -2.25. The first-order valence-electron chi connectivity index (χ1n) is 19.2. The van der Waals surface area contributed by atoms with Crippen LogP contribution in [0.25, 0.3) is 122 Å². The third-order valence-corrected chi connectivity index (χ3v) is 11.7. The van der Waals surface area contributed by atoms with Crippen molar-refractivity contribution < 1.29 is 8.83 Å². The van der Waals surface area contributed by atoms with Crippen molar-refractivity contribution in [1.82, 2.24) is 0 Å². The van der Waals surface area contributed by atoms with Crippen molar-refractivity contribution in [3.63, 3.8) is 0 Å². The van der Waals surface area contributed by atoms with Gasteiger partial charge in [-0.2, -0.15) is 0 Å². The first kappa shape index (κ1) is 31.0. The van der Waals surface area contributed by atoms with Gasteiger partial charge in [0.2, 0.25) is 0 Å². The predicted octanol–water partition coefficient (Wildman–Crippen LogP) is 15.5. The third-order valence-electron chi connectivity index (χ3n) is 11.7. The molecule has 0 spiro atoms. The van der Waals surface area contributed by atoms with Crippen LogP contribution in [0, 0.1) is 0 Å². The fourth-order valence-corrected chi connectivity index (χ4v) is 9.13. The number of benzene rings is 9. The molecule has 9 aromatic carbocycles. The number of para-hydroxylation sites is 3. The Balaban J connectivity index is 1.17. The highest BCUT2D eigenvalue weighted by Crippen LogP contribution is 2.51. The lowest BCUT2D eigenvalue weighted by atomic mass is 9.78. The van der Waals surface area contributed by atoms with E-state index >= 15 is 0 Å². The summed E-state index contributed by atoms with van der Waals surface area (Å²) in [4.78, 5) is 0. The average Bonchev–Trinajstić information content (AvgIpc) is 3.84. The monoisotopic (exact) mass is 712 g/mol. The molecule has 56 heavy (non-hydrogen) atoms. The van der Waals surface area contributed by atoms with E-state index in [-0.39, 0.29) is 0 Å². The zero-order valence-electron chi connectivity index (χ0n) is 30.3. The van der Waals surface area contributed by atoms with Crippen LogP contribution in [0.1, 0.15) is 0 Å². The van der Waals surface area contributed by atoms with E-state index in [1.807, 2.05) is 18.2 Å². The normalized spacial score (nSPS) is 11.9. The van der Waals surface area contributed by atoms with Crippen molar-refractivity contribution in [1.29, 1.82) is 0 Å². The van der Waals surface area contributed by atoms with E-state index < -0.39 is 0 Å². The smallest absolute Gasteiger partial charge is 0.143 e. The molecule has 0 fully saturated rings. The minimum atomic E-state index is 0.887. The van der Waals surface area contributed by atoms with Gasteiger partial charge in [0, 0.05) is 27.1 Å². The molecule has 12 rings (SSSR count). The van der Waals surface area contributed by atoms with Gasteiger partial charge in [-0.1, -0.05) is 152 Å². The average molecular weight is 713 g/mol. The first-order valence-corrected chi connectivity index (χ1v) is 19.2. The molecule has 0 N–H and O–H groups in total. The molecule has 0 atom stereocenters. The molecule has 1 aliphatic carbocycles. The van der Waals surface area contributed by atoms with Gasteiger partial charge in [-0.15, -0.1) is 0 Å². The standard InChI is InChI=1S/C54H32O2/c1-2-14-40-39(13-1)41-15-3-4-16-43(41)47-23-11-21-37(53(47)46-20-6-5-17-42(40)46)35-29-34(33-27-28-52-49(32-33)45-19-8-9-25-50(45)55-52)30-36(31-35)38-22-12-24-48-44-18-7-10-26-51(44)56-54(38)48/h1-32H. The fraction of sp³-hybridized carbons (Fsp3) is 0. The van der Waals surface area contributed by atoms with Crippen molar-refractivity contribution in [3.8, 4) is 77.9 Å². The van der Waals surface area contributed by atoms with E-state index in [4.69, 9.17) is 8.83 Å². The zero-order valence-corrected chi connectivity index (χ0v) is 30.3. The Kier molecular flexibility index (Phi) is 6.66. The Morgan fingerprint density at radius 1 is 0.232 bits per heavy atom. The summed E-state index contributed by atoms with van der Waals surface area (Å²) in [7, 11) is 0. The molecule has 0 unspecified atom stereocenters. The molecule has 0 saturated heterocycles. The minimum Gasteiger partial charge on any atom is -0.456 e. The number of fused-ring (bicyclic) bond motifs is 14. The van der Waals surface area contributed by atoms with E-state index in [9.17, 15) is 0 Å². The largest absolute Gasteiger partial charge is 0.456 e. The van der Waals surface area contributed by atoms with Crippen molar-refractivity contribution >= 4 is 43.9 Å². The van der Waals surface area contributed by atoms with Gasteiger partial charge in [-0.25, -0.2) is 0 Å². The maximum Gasteiger partial charge on any atom is 0.143 e. The SMILES string of the molecule is c1ccc2c(c1)-c1ccccc1-c1cccc(-c3cc(-c4ccc5oc6ccccc6c5c4)cc(-c4cccc5c4oc4ccccc45)c3)c1-c1ccccc1-2. The van der Waals surface area contributed by atoms with E-state index in [0.717, 1.165) is 71.7 Å². The number of furan rings is 2. The van der Waals surface area contributed by atoms with Crippen molar-refractivity contribution in [2.75, 3.05) is 0 Å². The summed E-state index contributed by atoms with van der Waals surface area (Å²) in [5, 5.41) is 4.47. The van der Waals surface area contributed by atoms with Crippen LogP contribution in [0.5, 0.6) is 0 Å². The van der Waals surface area contributed by atoms with Gasteiger partial charge in [-0.3, -0.25) is 0 Å². The summed E-state index contributed by atoms with van der Waals surface area (Å²) >= 11 is 0. The van der Waals surface area contributed by atoms with Crippen LogP contribution < -0.4 is 0 Å². The topological polar surface area (TPSA) is 26.3 Å². The maximum atomic E-state index is 6.65. The van der Waals surface area contributed by atoms with Crippen molar-refractivity contribution in [2.24, 2.45) is 0 Å². The summed E-state index contributed by atoms with van der Waals surface area (Å²) < 4.78 is 12.9. The van der Waals surface area contributed by atoms with Crippen LogP contribution in [0.4, 0.5) is 0 Å². The molecular formula is C54H32O2. The van der Waals surface area contributed by atoms with Gasteiger partial charge in [0.1, 0.15) is 22.3 Å². The third kappa shape index (κ3) is 4.63. The molecule has 0 saturated carbocycles. The Hall–Kier alpha value is -7.42. The highest BCUT2D eigenvalue weighted by molar-refractivity contribution is 6.11. The summed E-state index contributed by atoms with van der Waals surface area (Å²) in [6.07, 6.45) is 0. The first-order chi connectivity index (χ1) is 27.8. The summed E-state index contributed by atoms with van der Waals surface area (Å²) in [5.74, 6) is 0. The molecule has 260 valence electrons. The van der Waals surface area contributed by atoms with Gasteiger partial charge >= 0.3 is 0 Å². The van der Waals surface area contributed by atoms with Crippen LogP contribution in [0.2, 0.25) is 0 Å². The van der Waals surface area contributed by atoms with Gasteiger partial charge in [0.15, 0.2) is 0 Å². The predicted molar refractivity (Wildman–Crippen MR) is 233 cm³/mol. The second-order valence-corrected chi connectivity index (χ2v) is 14.8. The molecule has 2 heterocycles. The second kappa shape index (κ2) is 12.0. The number of rotatable bonds is 3. The van der Waals surface area contributed by atoms with E-state index in [1.165, 1.54) is 50.1 Å². The van der Waals surface area contributed by atoms with Gasteiger partial charge in [0.05, 0.1) is 0 Å². The van der Waals surface area contributed by atoms with Crippen molar-refractivity contribution in [2.45, 2.75) is 0 Å². The Morgan fingerprint density at radius 3 is 1.39 bits per heavy atom. The van der Waals surface area contributed by atoms with Gasteiger partial charge in [-0.05, 0) is 115 Å². The lowest BCUT2D eigenvalue weighted by Crippen LogP contribution is -1.99. The van der Waals surface area contributed by atoms with Crippen LogP contribution >= 0.6 is 0 Å². The highest BCUT2D eigenvalue weighted by atomic mass is 16.3. The van der Waals surface area contributed by atoms with Crippen LogP contribution in [0.3, 0.4) is 0 Å². The molecule has 2 nitrogen and oxygen atoms in total. The van der Waals surface area contributed by atoms with Crippen molar-refractivity contribution in [3.05, 3.63) is 194 Å². The van der Waals surface area contributed by atoms with Crippen LogP contribution in [0.15, 0.2) is 203 Å². The number of hydrogen-bond acceptors (Lipinski definition) is 2. The highest BCUT2D eigenvalue weighted by Gasteiger charge is 2.25. The van der Waals surface area contributed by atoms with E-state index in [2.05, 4.69) is 176 Å². The number of hydrogen-bond donors (Lipinski definition) is 0. The van der Waals surface area contributed by atoms with Crippen LogP contribution in [-0.2, 0) is 0 Å².